The predicted octanol–water partition coefficient (Wildman–Crippen LogP) is -2.85. The van der Waals surface area contributed by atoms with Crippen LogP contribution < -0.4 is 5.56 Å². The zero-order valence-electron chi connectivity index (χ0n) is 64.8. The third-order valence-electron chi connectivity index (χ3n) is 12.9. The Hall–Kier alpha value is -19.6. The molecule has 0 spiro atoms. The number of benzene rings is 1. The number of aromatic nitrogens is 36. The van der Waals surface area contributed by atoms with Crippen LogP contribution in [0.5, 0.6) is 0 Å². The van der Waals surface area contributed by atoms with E-state index in [0.29, 0.717) is 27.8 Å². The number of alkyl halides is 3. The van der Waals surface area contributed by atoms with Crippen LogP contribution in [0.15, 0.2) is 58.9 Å². The van der Waals surface area contributed by atoms with Gasteiger partial charge in [-0.15, -0.1) is 72.9 Å². The fraction of sp³-hybridized carbons (Fsp3) is 0.193. The van der Waals surface area contributed by atoms with Crippen molar-refractivity contribution < 1.29 is 171 Å². The largest absolute Gasteiger partial charge is 0.481 e. The van der Waals surface area contributed by atoms with Gasteiger partial charge < -0.3 is 81.3 Å². The van der Waals surface area contributed by atoms with Gasteiger partial charge in [0.1, 0.15) is 17.3 Å². The maximum Gasteiger partial charge on any atom is 0.437 e. The Morgan fingerprint density at radius 1 is 0.423 bits per heavy atom. The molecule has 0 amide bonds. The molecule has 1 aromatic carbocycles. The molecule has 28 N–H and O–H groups in total. The van der Waals surface area contributed by atoms with Crippen molar-refractivity contribution in [2.75, 3.05) is 13.4 Å². The molecule has 12 aromatic heterocycles. The molecule has 69 nitrogen and oxygen atoms in total. The average Bonchev–Trinajstić information content (AvgIpc) is 1.65. The summed E-state index contributed by atoms with van der Waals surface area (Å²) in [6.45, 7) is 5.31. The summed E-state index contributed by atoms with van der Waals surface area (Å²) >= 11 is 1.24. The summed E-state index contributed by atoms with van der Waals surface area (Å²) in [5.74, 6) is -20.1. The van der Waals surface area contributed by atoms with Gasteiger partial charge in [0, 0.05) is 5.56 Å². The van der Waals surface area contributed by atoms with Crippen LogP contribution in [0, 0.1) is 6.92 Å². The highest BCUT2D eigenvalue weighted by atomic mass is 32.2. The molecule has 1 unspecified atom stereocenters. The van der Waals surface area contributed by atoms with Crippen LogP contribution in [0.3, 0.4) is 0 Å². The van der Waals surface area contributed by atoms with E-state index in [9.17, 15) is 94.7 Å². The fourth-order valence-corrected chi connectivity index (χ4v) is 7.85. The number of carbonyl (C=O) groups is 16. The Labute approximate surface area is 710 Å². The Morgan fingerprint density at radius 2 is 0.877 bits per heavy atom. The van der Waals surface area contributed by atoms with E-state index in [1.807, 2.05) is 39.8 Å². The van der Waals surface area contributed by atoms with Gasteiger partial charge in [-0.1, -0.05) is 26.0 Å². The molecule has 0 radical (unpaired) electrons. The molecule has 13 rings (SSSR count). The third-order valence-corrected chi connectivity index (χ3v) is 13.5. The summed E-state index contributed by atoms with van der Waals surface area (Å²) < 4.78 is 39.8. The van der Waals surface area contributed by atoms with Gasteiger partial charge in [-0.3, -0.25) is 24.0 Å². The minimum Gasteiger partial charge on any atom is -0.481 e. The number of aromatic carboxylic acids is 11. The number of ether oxygens (including phenoxy) is 1. The first-order valence-corrected chi connectivity index (χ1v) is 33.9. The second kappa shape index (κ2) is 53.2. The number of hydrogen-bond donors (Lipinski definition) is 28. The van der Waals surface area contributed by atoms with Crippen molar-refractivity contribution in [1.82, 2.24) is 185 Å². The van der Waals surface area contributed by atoms with Crippen LogP contribution in [-0.4, -0.2) is 370 Å². The number of aromatic amines is 13. The lowest BCUT2D eigenvalue weighted by molar-refractivity contribution is -0.145. The van der Waals surface area contributed by atoms with Crippen LogP contribution in [0.4, 0.5) is 13.2 Å². The minimum absolute atomic E-state index is 0.0139. The number of carboxylic acid groups (broad SMARTS) is 15. The van der Waals surface area contributed by atoms with Gasteiger partial charge >= 0.3 is 102 Å². The van der Waals surface area contributed by atoms with Crippen molar-refractivity contribution in [3.63, 3.8) is 0 Å². The van der Waals surface area contributed by atoms with E-state index in [0.717, 1.165) is 18.9 Å². The number of carboxylic acids is 15. The van der Waals surface area contributed by atoms with Gasteiger partial charge in [-0.2, -0.15) is 127 Å². The van der Waals surface area contributed by atoms with E-state index < -0.39 is 160 Å². The highest BCUT2D eigenvalue weighted by molar-refractivity contribution is 7.98. The van der Waals surface area contributed by atoms with Crippen LogP contribution >= 0.6 is 11.8 Å². The smallest absolute Gasteiger partial charge is 0.437 e. The number of H-pyrrole nitrogens is 13. The zero-order valence-corrected chi connectivity index (χ0v) is 65.6. The molecule has 692 valence electrons. The fourth-order valence-electron chi connectivity index (χ4n) is 7.39. The first-order valence-electron chi connectivity index (χ1n) is 32.7. The molecule has 73 heteroatoms. The lowest BCUT2D eigenvalue weighted by Gasteiger charge is -2.04. The molecule has 130 heavy (non-hydrogen) atoms. The van der Waals surface area contributed by atoms with Crippen LogP contribution in [-0.2, 0) is 42.9 Å². The monoisotopic (exact) mass is 1860 g/mol. The van der Waals surface area contributed by atoms with Gasteiger partial charge in [0.15, 0.2) is 27.8 Å². The average molecular weight is 1870 g/mol. The van der Waals surface area contributed by atoms with E-state index in [-0.39, 0.29) is 63.5 Å². The van der Waals surface area contributed by atoms with E-state index in [1.54, 1.807) is 42.8 Å². The minimum atomic E-state index is -4.79. The number of esters is 1. The van der Waals surface area contributed by atoms with Crippen LogP contribution in [0.2, 0.25) is 0 Å². The highest BCUT2D eigenvalue weighted by Gasteiger charge is 2.40. The second-order valence-electron chi connectivity index (χ2n) is 22.0. The van der Waals surface area contributed by atoms with E-state index in [2.05, 4.69) is 159 Å². The first kappa shape index (κ1) is 106. The number of hydrogen-bond acceptors (Lipinski definition) is 42. The summed E-state index contributed by atoms with van der Waals surface area (Å²) in [6, 6.07) is 6.55. The number of rotatable bonds is 23. The molecule has 0 bridgehead atoms. The Balaban J connectivity index is 0.000000481. The molecule has 0 aliphatic heterocycles. The number of aliphatic carboxylic acids is 4. The molecule has 13 aromatic rings. The number of carbonyl (C=O) groups excluding carboxylic acids is 1. The summed E-state index contributed by atoms with van der Waals surface area (Å²) in [7, 11) is 1.13. The lowest BCUT2D eigenvalue weighted by atomic mass is 10.0. The summed E-state index contributed by atoms with van der Waals surface area (Å²) in [4.78, 5) is 175. The first-order chi connectivity index (χ1) is 61.1. The van der Waals surface area contributed by atoms with Crippen LogP contribution in [0.1, 0.15) is 192 Å². The van der Waals surface area contributed by atoms with E-state index >= 15 is 0 Å². The number of thioether (sulfide) groups is 1. The molecule has 0 aliphatic carbocycles. The third kappa shape index (κ3) is 36.7. The van der Waals surface area contributed by atoms with Gasteiger partial charge in [0.05, 0.1) is 79.5 Å². The molecular formula is C57H59F3N36O33S. The van der Waals surface area contributed by atoms with Gasteiger partial charge in [-0.25, -0.2) is 67.8 Å². The van der Waals surface area contributed by atoms with E-state index in [4.69, 9.17) is 76.6 Å². The Kier molecular flexibility index (Phi) is 43.6. The SMILES string of the molecule is CC(C)c1n[nH]nc1C(=O)O.COC(=O)c1n[nH]nc1C(=O)O.CSc1n[nH]nc1C(=O)O.Cc1n[nH]nc1C(=O)O.O=C(O)CC(C(=O)O)c1cn[nH]n1.O=C(O)Cc1cn[nH]n1.O=C(O)Cc1n[nH]nc1C(=O)O.O=C(O)c1cccc(-c2cn[nH]n2)c1.O=C(O)c1cn[nH]n1.O=C(O)c1n[nH][nH]c1=O.O=C(O)c1n[nH]nc1C(=O)O.O=C(O)c1n[nH]nc1C(F)(F)F. The number of methoxy groups -OCH3 is 1. The lowest BCUT2D eigenvalue weighted by Crippen LogP contribution is -2.16. The Morgan fingerprint density at radius 3 is 1.25 bits per heavy atom. The number of nitrogens with zero attached hydrogens (tertiary/aromatic N) is 23. The number of halogens is 3. The molecule has 0 saturated heterocycles. The Bertz CT molecular complexity index is 5920. The predicted molar refractivity (Wildman–Crippen MR) is 394 cm³/mol. The van der Waals surface area contributed by atoms with Gasteiger partial charge in [-0.05, 0) is 31.2 Å². The van der Waals surface area contributed by atoms with Crippen molar-refractivity contribution >= 4 is 107 Å². The zero-order chi connectivity index (χ0) is 98.2. The molecule has 0 saturated carbocycles. The van der Waals surface area contributed by atoms with Crippen molar-refractivity contribution in [3.8, 4) is 11.3 Å². The summed E-state index contributed by atoms with van der Waals surface area (Å²) in [6.07, 6.45) is 1.20. The quantitative estimate of drug-likeness (QED) is 0.0226. The van der Waals surface area contributed by atoms with Crippen molar-refractivity contribution in [2.45, 2.75) is 63.1 Å². The molecular weight excluding hydrogens is 1810 g/mol. The highest BCUT2D eigenvalue weighted by Crippen LogP contribution is 2.29. The molecule has 1 atom stereocenters. The molecule has 0 aliphatic rings. The number of aryl methyl sites for hydroxylation is 1. The van der Waals surface area contributed by atoms with E-state index in [1.165, 1.54) is 30.2 Å². The van der Waals surface area contributed by atoms with Gasteiger partial charge in [0.2, 0.25) is 45.6 Å². The molecule has 0 fully saturated rings. The normalized spacial score (nSPS) is 10.1. The maximum atomic E-state index is 11.9. The van der Waals surface area contributed by atoms with Crippen molar-refractivity contribution in [2.24, 2.45) is 0 Å². The van der Waals surface area contributed by atoms with Gasteiger partial charge in [0.25, 0.3) is 5.56 Å². The second-order valence-corrected chi connectivity index (χ2v) is 22.8. The summed E-state index contributed by atoms with van der Waals surface area (Å²) in [5, 5.41) is 231. The molecule has 12 heterocycles. The maximum absolute atomic E-state index is 11.9. The van der Waals surface area contributed by atoms with Crippen molar-refractivity contribution in [1.29, 1.82) is 0 Å². The summed E-state index contributed by atoms with van der Waals surface area (Å²) in [5.41, 5.74) is -3.26. The number of nitrogens with one attached hydrogen (secondary N) is 13. The topological polar surface area (TPSA) is 1100 Å². The van der Waals surface area contributed by atoms with Crippen LogP contribution in [0.25, 0.3) is 11.3 Å². The van der Waals surface area contributed by atoms with Crippen molar-refractivity contribution in [3.05, 3.63) is 162 Å². The standard InChI is InChI=1S/C9H7N3O2.C6H7N3O4.C6H9N3O2.2C5H5N3O4.C4H2F3N3O2.C4H3N3O4.C4H5N3O2S.2C4H5N3O2.C3H3N3O3.C3H3N3O2/c13-9(14)7-3-1-2-6(4-7)8-5-10-12-11-8;10-5(11)1-3(6(12)13)4-2-7-9-8-4;1-3(2)4-5(6(10)11)8-9-7-4;1-12-5(11)3-2(4(9)10)6-8-7-3;9-3(10)1-2-4(5(11)12)7-8-6-2;5-4(6,7)2-1(3(11)12)8-10-9-2;8-3(9)1-2(4(10)11)6-7-5-1;1-10-3-2(4(8)9)5-7-6-3;8-4(9)1-3-2-5-7-6-3;1-2-3(4(8)9)6-7-5-2;7-2-1(3(8)9)4-6-5-2;7-3(8)2-1-4-6-5-2/h1-5H,(H,13,14)(H,10,11,12);2-3H,1H2,(H,10,11)(H,12,13)(H,7,8,9);3H,1-2H3,(H,10,11)(H,7,8,9);1H3,(H,9,10)(H,6,7,8);1H2,(H,9,10)(H,11,12)(H,6,7,8);(H,11,12)(H,8,9,10);(H,8,9)(H,10,11)(H,5,6,7);1H3,(H,8,9)(H,5,6,7);2H,1H2,(H,8,9)(H,5,6,7);1H3,(H,8,9)(H,5,6,7);(H,8,9)(H2,4,5,6,7);1H,(H,7,8)(H,4,5,6).